The summed E-state index contributed by atoms with van der Waals surface area (Å²) in [5, 5.41) is 4.95. The van der Waals surface area contributed by atoms with Gasteiger partial charge in [0.05, 0.1) is 11.7 Å². The summed E-state index contributed by atoms with van der Waals surface area (Å²) in [6.07, 6.45) is 0.828. The number of fused-ring (bicyclic) bond motifs is 1. The lowest BCUT2D eigenvalue weighted by Crippen LogP contribution is -2.41. The van der Waals surface area contributed by atoms with Crippen LogP contribution < -0.4 is 10.0 Å². The molecule has 0 fully saturated rings. The molecule has 0 bridgehead atoms. The lowest BCUT2D eigenvalue weighted by molar-refractivity contribution is -0.117. The molecule has 2 N–H and O–H groups in total. The Kier molecular flexibility index (Phi) is 6.30. The molecular weight excluding hydrogens is 440 g/mol. The Morgan fingerprint density at radius 2 is 2.03 bits per heavy atom. The van der Waals surface area contributed by atoms with Crippen LogP contribution in [0.3, 0.4) is 0 Å². The van der Waals surface area contributed by atoms with Crippen LogP contribution in [0.4, 0.5) is 5.13 Å². The van der Waals surface area contributed by atoms with Crippen molar-refractivity contribution in [3.8, 4) is 0 Å². The van der Waals surface area contributed by atoms with Crippen molar-refractivity contribution >= 4 is 43.7 Å². The molecule has 0 aliphatic carbocycles. The first-order valence-corrected chi connectivity index (χ1v) is 12.7. The third-order valence-corrected chi connectivity index (χ3v) is 8.71. The third-order valence-electron chi connectivity index (χ3n) is 4.77. The van der Waals surface area contributed by atoms with Crippen LogP contribution in [-0.2, 0) is 34.3 Å². The van der Waals surface area contributed by atoms with E-state index in [9.17, 15) is 13.2 Å². The van der Waals surface area contributed by atoms with E-state index >= 15 is 0 Å². The minimum atomic E-state index is -3.71. The molecule has 7 nitrogen and oxygen atoms in total. The molecule has 1 atom stereocenters. The topological polar surface area (TPSA) is 91.4 Å². The van der Waals surface area contributed by atoms with E-state index < -0.39 is 22.0 Å². The zero-order valence-corrected chi connectivity index (χ0v) is 18.8. The number of hydrogen-bond acceptors (Lipinski definition) is 7. The molecule has 4 rings (SSSR count). The Labute approximate surface area is 183 Å². The number of benzene rings is 1. The average molecular weight is 463 g/mol. The molecule has 3 heterocycles. The molecule has 1 unspecified atom stereocenters. The summed E-state index contributed by atoms with van der Waals surface area (Å²) < 4.78 is 27.2. The Hall–Kier alpha value is -2.11. The lowest BCUT2D eigenvalue weighted by Gasteiger charge is -2.25. The van der Waals surface area contributed by atoms with E-state index in [1.54, 1.807) is 11.4 Å². The fourth-order valence-corrected chi connectivity index (χ4v) is 6.52. The van der Waals surface area contributed by atoms with Crippen LogP contribution in [-0.4, -0.2) is 36.8 Å². The van der Waals surface area contributed by atoms with Crippen LogP contribution in [0, 0.1) is 0 Å². The van der Waals surface area contributed by atoms with Crippen molar-refractivity contribution in [1.29, 1.82) is 0 Å². The molecule has 0 radical (unpaired) electrons. The summed E-state index contributed by atoms with van der Waals surface area (Å²) in [6, 6.07) is 12.6. The maximum Gasteiger partial charge on any atom is 0.250 e. The summed E-state index contributed by atoms with van der Waals surface area (Å²) in [4.78, 5) is 20.5. The van der Waals surface area contributed by atoms with Crippen molar-refractivity contribution in [2.45, 2.75) is 36.7 Å². The summed E-state index contributed by atoms with van der Waals surface area (Å²) in [5.41, 5.74) is 2.28. The van der Waals surface area contributed by atoms with Gasteiger partial charge in [0, 0.05) is 30.9 Å². The normalized spacial score (nSPS) is 15.5. The standard InChI is InChI=1S/C20H22N4O3S3/c1-14(23-30(26,27)18-8-5-11-28-18)19(25)22-20-21-16-9-10-24(13-17(16)29-20)12-15-6-3-2-4-7-15/h2-8,11,14,23H,9-10,12-13H2,1H3,(H,21,22,25). The largest absolute Gasteiger partial charge is 0.301 e. The van der Waals surface area contributed by atoms with E-state index in [1.165, 1.54) is 29.9 Å². The van der Waals surface area contributed by atoms with Crippen LogP contribution in [0.2, 0.25) is 0 Å². The molecule has 0 saturated heterocycles. The van der Waals surface area contributed by atoms with Gasteiger partial charge < -0.3 is 5.32 Å². The van der Waals surface area contributed by atoms with E-state index in [0.29, 0.717) is 5.13 Å². The van der Waals surface area contributed by atoms with Crippen molar-refractivity contribution in [2.24, 2.45) is 0 Å². The van der Waals surface area contributed by atoms with Crippen LogP contribution in [0.5, 0.6) is 0 Å². The number of nitrogens with zero attached hydrogens (tertiary/aromatic N) is 2. The molecule has 30 heavy (non-hydrogen) atoms. The van der Waals surface area contributed by atoms with Gasteiger partial charge in [-0.05, 0) is 23.9 Å². The highest BCUT2D eigenvalue weighted by Gasteiger charge is 2.25. The summed E-state index contributed by atoms with van der Waals surface area (Å²) in [7, 11) is -3.71. The molecule has 10 heteroatoms. The number of sulfonamides is 1. The number of hydrogen-bond donors (Lipinski definition) is 2. The summed E-state index contributed by atoms with van der Waals surface area (Å²) in [5.74, 6) is -0.428. The van der Waals surface area contributed by atoms with Gasteiger partial charge >= 0.3 is 0 Å². The van der Waals surface area contributed by atoms with E-state index in [2.05, 4.69) is 32.1 Å². The second-order valence-corrected chi connectivity index (χ2v) is 11.1. The number of thiophene rings is 1. The highest BCUT2D eigenvalue weighted by Crippen LogP contribution is 2.29. The Morgan fingerprint density at radius 3 is 2.77 bits per heavy atom. The second-order valence-electron chi connectivity index (χ2n) is 7.10. The second kappa shape index (κ2) is 8.94. The lowest BCUT2D eigenvalue weighted by atomic mass is 10.1. The zero-order chi connectivity index (χ0) is 21.1. The van der Waals surface area contributed by atoms with Gasteiger partial charge in [0.1, 0.15) is 4.21 Å². The summed E-state index contributed by atoms with van der Waals surface area (Å²) >= 11 is 2.56. The molecule has 1 amide bonds. The molecule has 0 saturated carbocycles. The Bertz CT molecular complexity index is 1110. The minimum Gasteiger partial charge on any atom is -0.301 e. The van der Waals surface area contributed by atoms with Crippen LogP contribution in [0.15, 0.2) is 52.1 Å². The van der Waals surface area contributed by atoms with Crippen molar-refractivity contribution < 1.29 is 13.2 Å². The number of carbonyl (C=O) groups is 1. The number of aromatic nitrogens is 1. The SMILES string of the molecule is CC(NS(=O)(=O)c1cccs1)C(=O)Nc1nc2c(s1)CN(Cc1ccccc1)CC2. The zero-order valence-electron chi connectivity index (χ0n) is 16.4. The number of carbonyl (C=O) groups excluding carboxylic acids is 1. The monoisotopic (exact) mass is 462 g/mol. The molecule has 1 aliphatic heterocycles. The highest BCUT2D eigenvalue weighted by molar-refractivity contribution is 7.91. The summed E-state index contributed by atoms with van der Waals surface area (Å²) in [6.45, 7) is 4.10. The van der Waals surface area contributed by atoms with Crippen molar-refractivity contribution in [3.63, 3.8) is 0 Å². The number of nitrogens with one attached hydrogen (secondary N) is 2. The number of rotatable bonds is 7. The molecule has 3 aromatic rings. The smallest absolute Gasteiger partial charge is 0.250 e. The van der Waals surface area contributed by atoms with Crippen LogP contribution in [0.25, 0.3) is 0 Å². The fourth-order valence-electron chi connectivity index (χ4n) is 3.25. The van der Waals surface area contributed by atoms with Crippen molar-refractivity contribution in [2.75, 3.05) is 11.9 Å². The molecule has 1 aromatic carbocycles. The molecule has 1 aliphatic rings. The molecule has 158 valence electrons. The highest BCUT2D eigenvalue weighted by atomic mass is 32.2. The fraction of sp³-hybridized carbons (Fsp3) is 0.300. The Morgan fingerprint density at radius 1 is 1.23 bits per heavy atom. The van der Waals surface area contributed by atoms with Crippen molar-refractivity contribution in [1.82, 2.24) is 14.6 Å². The molecule has 2 aromatic heterocycles. The molecule has 0 spiro atoms. The number of amides is 1. The average Bonchev–Trinajstić information content (AvgIpc) is 3.38. The minimum absolute atomic E-state index is 0.186. The maximum absolute atomic E-state index is 12.5. The first-order valence-electron chi connectivity index (χ1n) is 9.52. The van der Waals surface area contributed by atoms with E-state index in [1.807, 2.05) is 18.2 Å². The van der Waals surface area contributed by atoms with Gasteiger partial charge in [0.2, 0.25) is 5.91 Å². The maximum atomic E-state index is 12.5. The van der Waals surface area contributed by atoms with Gasteiger partial charge in [0.25, 0.3) is 10.0 Å². The van der Waals surface area contributed by atoms with Gasteiger partial charge in [-0.1, -0.05) is 36.4 Å². The first-order chi connectivity index (χ1) is 14.4. The van der Waals surface area contributed by atoms with Gasteiger partial charge in [-0.3, -0.25) is 9.69 Å². The van der Waals surface area contributed by atoms with Crippen molar-refractivity contribution in [3.05, 3.63) is 64.0 Å². The van der Waals surface area contributed by atoms with E-state index in [-0.39, 0.29) is 4.21 Å². The third kappa shape index (κ3) is 4.96. The van der Waals surface area contributed by atoms with Crippen LogP contribution >= 0.6 is 22.7 Å². The molecular formula is C20H22N4O3S3. The predicted octanol–water partition coefficient (Wildman–Crippen LogP) is 3.07. The quantitative estimate of drug-likeness (QED) is 0.563. The number of anilines is 1. The van der Waals surface area contributed by atoms with Crippen LogP contribution in [0.1, 0.15) is 23.1 Å². The van der Waals surface area contributed by atoms with E-state index in [0.717, 1.165) is 48.0 Å². The van der Waals surface area contributed by atoms with Gasteiger partial charge in [-0.25, -0.2) is 13.4 Å². The number of thiazole rings is 1. The van der Waals surface area contributed by atoms with Gasteiger partial charge in [-0.15, -0.1) is 22.7 Å². The van der Waals surface area contributed by atoms with Gasteiger partial charge in [-0.2, -0.15) is 4.72 Å². The van der Waals surface area contributed by atoms with E-state index in [4.69, 9.17) is 0 Å². The first kappa shape index (κ1) is 21.1. The van der Waals surface area contributed by atoms with Gasteiger partial charge in [0.15, 0.2) is 5.13 Å². The Balaban J connectivity index is 1.36. The predicted molar refractivity (Wildman–Crippen MR) is 119 cm³/mol.